The molecule has 96 valence electrons. The summed E-state index contributed by atoms with van der Waals surface area (Å²) in [5.74, 6) is -0.940. The largest absolute Gasteiger partial charge is 0.477 e. The number of aromatic nitrogens is 3. The molecule has 2 aromatic heterocycles. The van der Waals surface area contributed by atoms with E-state index in [1.54, 1.807) is 7.05 Å². The van der Waals surface area contributed by atoms with E-state index in [0.717, 1.165) is 12.3 Å². The van der Waals surface area contributed by atoms with Gasteiger partial charge in [-0.15, -0.1) is 0 Å². The molecule has 0 amide bonds. The zero-order chi connectivity index (χ0) is 13.3. The fraction of sp³-hybridized carbons (Fsp3) is 0.111. The normalized spacial score (nSPS) is 11.4. The number of aromatic amines is 1. The van der Waals surface area contributed by atoms with Crippen molar-refractivity contribution in [1.29, 1.82) is 0 Å². The smallest absolute Gasteiger partial charge is 0.352 e. The van der Waals surface area contributed by atoms with Gasteiger partial charge in [0.2, 0.25) is 0 Å². The van der Waals surface area contributed by atoms with Crippen LogP contribution in [0, 0.1) is 0 Å². The van der Waals surface area contributed by atoms with Crippen LogP contribution in [0.3, 0.4) is 0 Å². The molecule has 0 saturated heterocycles. The Morgan fingerprint density at radius 2 is 2.28 bits per heavy atom. The molecule has 3 N–H and O–H groups in total. The van der Waals surface area contributed by atoms with Crippen LogP contribution < -0.4 is 4.72 Å². The Labute approximate surface area is 102 Å². The molecule has 2 aromatic rings. The van der Waals surface area contributed by atoms with Gasteiger partial charge < -0.3 is 10.1 Å². The second kappa shape index (κ2) is 4.18. The van der Waals surface area contributed by atoms with Gasteiger partial charge in [0.05, 0.1) is 6.20 Å². The lowest BCUT2D eigenvalue weighted by molar-refractivity contribution is 0.0691. The van der Waals surface area contributed by atoms with Crippen molar-refractivity contribution in [3.63, 3.8) is 0 Å². The van der Waals surface area contributed by atoms with Crippen LogP contribution in [0.15, 0.2) is 29.4 Å². The number of sulfonamides is 1. The average molecular weight is 270 g/mol. The maximum atomic E-state index is 11.9. The summed E-state index contributed by atoms with van der Waals surface area (Å²) in [4.78, 5) is 12.9. The summed E-state index contributed by atoms with van der Waals surface area (Å²) < 4.78 is 27.5. The number of aryl methyl sites for hydroxylation is 1. The summed E-state index contributed by atoms with van der Waals surface area (Å²) in [6.45, 7) is 0. The second-order valence-electron chi connectivity index (χ2n) is 3.50. The van der Waals surface area contributed by atoms with Gasteiger partial charge in [-0.2, -0.15) is 5.10 Å². The van der Waals surface area contributed by atoms with Gasteiger partial charge in [0.25, 0.3) is 10.0 Å². The van der Waals surface area contributed by atoms with Crippen LogP contribution in [0.5, 0.6) is 0 Å². The minimum Gasteiger partial charge on any atom is -0.477 e. The number of aromatic carboxylic acids is 1. The molecule has 9 heteroatoms. The predicted molar refractivity (Wildman–Crippen MR) is 61.8 cm³/mol. The fourth-order valence-electron chi connectivity index (χ4n) is 1.32. The third-order valence-electron chi connectivity index (χ3n) is 2.26. The van der Waals surface area contributed by atoms with Crippen molar-refractivity contribution in [2.45, 2.75) is 4.90 Å². The van der Waals surface area contributed by atoms with E-state index in [4.69, 9.17) is 5.11 Å². The van der Waals surface area contributed by atoms with Gasteiger partial charge in [-0.1, -0.05) is 0 Å². The Hall–Kier alpha value is -2.29. The van der Waals surface area contributed by atoms with E-state index in [-0.39, 0.29) is 16.4 Å². The van der Waals surface area contributed by atoms with E-state index in [0.29, 0.717) is 0 Å². The predicted octanol–water partition coefficient (Wildman–Crippen LogP) is 0.247. The number of nitrogens with zero attached hydrogens (tertiary/aromatic N) is 2. The number of carboxylic acids is 1. The first-order valence-electron chi connectivity index (χ1n) is 4.83. The van der Waals surface area contributed by atoms with Crippen molar-refractivity contribution in [1.82, 2.24) is 14.8 Å². The number of rotatable bonds is 4. The summed E-state index contributed by atoms with van der Waals surface area (Å²) in [7, 11) is -2.24. The third-order valence-corrected chi connectivity index (χ3v) is 3.59. The molecule has 0 unspecified atom stereocenters. The molecule has 0 aliphatic carbocycles. The first-order chi connectivity index (χ1) is 8.40. The minimum atomic E-state index is -3.82. The summed E-state index contributed by atoms with van der Waals surface area (Å²) in [6.07, 6.45) is 2.56. The number of H-pyrrole nitrogens is 1. The lowest BCUT2D eigenvalue weighted by atomic mass is 10.4. The molecule has 0 bridgehead atoms. The molecular weight excluding hydrogens is 260 g/mol. The molecule has 2 rings (SSSR count). The van der Waals surface area contributed by atoms with Gasteiger partial charge in [0.1, 0.15) is 16.4 Å². The van der Waals surface area contributed by atoms with Crippen LogP contribution in [0.25, 0.3) is 0 Å². The first-order valence-corrected chi connectivity index (χ1v) is 6.31. The third kappa shape index (κ3) is 2.20. The van der Waals surface area contributed by atoms with Crippen molar-refractivity contribution in [3.8, 4) is 0 Å². The molecule has 0 radical (unpaired) electrons. The number of carboxylic acid groups (broad SMARTS) is 1. The van der Waals surface area contributed by atoms with E-state index in [2.05, 4.69) is 14.8 Å². The van der Waals surface area contributed by atoms with E-state index in [9.17, 15) is 13.2 Å². The lowest BCUT2D eigenvalue weighted by Crippen LogP contribution is -2.14. The van der Waals surface area contributed by atoms with Crippen LogP contribution >= 0.6 is 0 Å². The maximum absolute atomic E-state index is 11.9. The highest BCUT2D eigenvalue weighted by molar-refractivity contribution is 7.92. The van der Waals surface area contributed by atoms with Gasteiger partial charge in [-0.25, -0.2) is 13.2 Å². The van der Waals surface area contributed by atoms with Crippen LogP contribution in [0.2, 0.25) is 0 Å². The average Bonchev–Trinajstić information content (AvgIpc) is 2.88. The Balaban J connectivity index is 2.31. The summed E-state index contributed by atoms with van der Waals surface area (Å²) >= 11 is 0. The first kappa shape index (κ1) is 12.2. The van der Waals surface area contributed by atoms with Crippen molar-refractivity contribution in [2.24, 2.45) is 7.05 Å². The van der Waals surface area contributed by atoms with Gasteiger partial charge >= 0.3 is 5.97 Å². The maximum Gasteiger partial charge on any atom is 0.352 e. The molecule has 0 spiro atoms. The zero-order valence-electron chi connectivity index (χ0n) is 9.28. The van der Waals surface area contributed by atoms with Crippen molar-refractivity contribution >= 4 is 21.8 Å². The minimum absolute atomic E-state index is 0.152. The molecular formula is C9H10N4O4S. The lowest BCUT2D eigenvalue weighted by Gasteiger charge is -2.05. The van der Waals surface area contributed by atoms with Gasteiger partial charge in [-0.05, 0) is 6.07 Å². The quantitative estimate of drug-likeness (QED) is 0.736. The topological polar surface area (TPSA) is 117 Å². The monoisotopic (exact) mass is 270 g/mol. The van der Waals surface area contributed by atoms with Crippen LogP contribution in [-0.2, 0) is 17.1 Å². The Bertz CT molecular complexity index is 685. The summed E-state index contributed by atoms with van der Waals surface area (Å²) in [5, 5.41) is 12.5. The summed E-state index contributed by atoms with van der Waals surface area (Å²) in [5.41, 5.74) is -0.194. The van der Waals surface area contributed by atoms with Crippen molar-refractivity contribution < 1.29 is 18.3 Å². The second-order valence-corrected chi connectivity index (χ2v) is 5.18. The molecule has 2 heterocycles. The molecule has 0 fully saturated rings. The Morgan fingerprint density at radius 1 is 1.56 bits per heavy atom. The summed E-state index contributed by atoms with van der Waals surface area (Å²) in [6, 6.07) is 2.53. The number of carbonyl (C=O) groups is 1. The molecule has 0 aliphatic rings. The highest BCUT2D eigenvalue weighted by atomic mass is 32.2. The molecule has 0 aromatic carbocycles. The number of hydrogen-bond acceptors (Lipinski definition) is 4. The van der Waals surface area contributed by atoms with Crippen LogP contribution in [-0.4, -0.2) is 34.3 Å². The van der Waals surface area contributed by atoms with E-state index >= 15 is 0 Å². The van der Waals surface area contributed by atoms with Crippen LogP contribution in [0.4, 0.5) is 5.82 Å². The molecule has 18 heavy (non-hydrogen) atoms. The molecule has 0 atom stereocenters. The SMILES string of the molecule is Cn1nccc1NS(=O)(=O)c1c[nH]c(C(=O)O)c1. The Morgan fingerprint density at radius 3 is 2.78 bits per heavy atom. The standard InChI is InChI=1S/C9H10N4O4S/c1-13-8(2-3-11-13)12-18(16,17)6-4-7(9(14)15)10-5-6/h2-5,10,12H,1H3,(H,14,15). The van der Waals surface area contributed by atoms with Gasteiger partial charge in [0.15, 0.2) is 0 Å². The number of nitrogens with one attached hydrogen (secondary N) is 2. The van der Waals surface area contributed by atoms with E-state index < -0.39 is 16.0 Å². The van der Waals surface area contributed by atoms with Gasteiger partial charge in [0, 0.05) is 19.3 Å². The van der Waals surface area contributed by atoms with Crippen LogP contribution in [0.1, 0.15) is 10.5 Å². The van der Waals surface area contributed by atoms with Crippen molar-refractivity contribution in [2.75, 3.05) is 4.72 Å². The van der Waals surface area contributed by atoms with E-state index in [1.807, 2.05) is 0 Å². The zero-order valence-corrected chi connectivity index (χ0v) is 10.1. The molecule has 0 aliphatic heterocycles. The van der Waals surface area contributed by atoms with Crippen molar-refractivity contribution in [3.05, 3.63) is 30.2 Å². The highest BCUT2D eigenvalue weighted by Gasteiger charge is 2.19. The van der Waals surface area contributed by atoms with Gasteiger partial charge in [-0.3, -0.25) is 9.40 Å². The molecule has 0 saturated carbocycles. The Kier molecular flexibility index (Phi) is 2.83. The highest BCUT2D eigenvalue weighted by Crippen LogP contribution is 2.15. The fourth-order valence-corrected chi connectivity index (χ4v) is 2.40. The number of anilines is 1. The van der Waals surface area contributed by atoms with E-state index in [1.165, 1.54) is 16.9 Å². The number of hydrogen-bond donors (Lipinski definition) is 3. The molecule has 8 nitrogen and oxygen atoms in total.